The van der Waals surface area contributed by atoms with E-state index in [9.17, 15) is 0 Å². The fourth-order valence-electron chi connectivity index (χ4n) is 3.80. The van der Waals surface area contributed by atoms with E-state index >= 15 is 0 Å². The van der Waals surface area contributed by atoms with Crippen LogP contribution in [-0.4, -0.2) is 30.4 Å². The Hall–Kier alpha value is 0.440. The van der Waals surface area contributed by atoms with Crippen LogP contribution in [-0.2, 0) is 0 Å². The van der Waals surface area contributed by atoms with E-state index in [1.165, 1.54) is 38.8 Å². The molecule has 0 amide bonds. The molecule has 4 unspecified atom stereocenters. The number of alkyl halides is 1. The highest BCUT2D eigenvalue weighted by molar-refractivity contribution is 9.09. The van der Waals surface area contributed by atoms with E-state index in [1.54, 1.807) is 6.42 Å². The highest BCUT2D eigenvalue weighted by Crippen LogP contribution is 2.48. The van der Waals surface area contributed by atoms with E-state index in [-0.39, 0.29) is 0 Å². The van der Waals surface area contributed by atoms with Gasteiger partial charge in [0.05, 0.1) is 0 Å². The van der Waals surface area contributed by atoms with E-state index in [4.69, 9.17) is 0 Å². The van der Waals surface area contributed by atoms with Crippen LogP contribution in [0.5, 0.6) is 0 Å². The summed E-state index contributed by atoms with van der Waals surface area (Å²) in [4.78, 5) is 2.58. The fraction of sp³-hybridized carbons (Fsp3) is 1.00. The van der Waals surface area contributed by atoms with Crippen molar-refractivity contribution in [1.29, 1.82) is 0 Å². The molecule has 0 aromatic rings. The first-order valence-corrected chi connectivity index (χ1v) is 8.09. The number of fused-ring (bicyclic) bond motifs is 2. The molecule has 4 atom stereocenters. The average Bonchev–Trinajstić information content (AvgIpc) is 2.87. The third-order valence-corrected chi connectivity index (χ3v) is 5.71. The summed E-state index contributed by atoms with van der Waals surface area (Å²) < 4.78 is 0. The Balaban J connectivity index is 1.72. The molecule has 0 saturated heterocycles. The maximum atomic E-state index is 3.62. The molecule has 2 aliphatic carbocycles. The summed E-state index contributed by atoms with van der Waals surface area (Å²) >= 11 is 3.62. The van der Waals surface area contributed by atoms with Gasteiger partial charge < -0.3 is 4.90 Å². The Morgan fingerprint density at radius 1 is 1.31 bits per heavy atom. The van der Waals surface area contributed by atoms with Crippen LogP contribution in [0.25, 0.3) is 0 Å². The van der Waals surface area contributed by atoms with E-state index in [0.717, 1.165) is 29.0 Å². The lowest BCUT2D eigenvalue weighted by molar-refractivity contribution is 0.201. The summed E-state index contributed by atoms with van der Waals surface area (Å²) in [6.07, 6.45) is 7.43. The van der Waals surface area contributed by atoms with Crippen molar-refractivity contribution in [3.05, 3.63) is 0 Å². The lowest BCUT2D eigenvalue weighted by Crippen LogP contribution is -2.32. The second kappa shape index (κ2) is 5.86. The summed E-state index contributed by atoms with van der Waals surface area (Å²) in [7, 11) is 2.32. The van der Waals surface area contributed by atoms with Crippen molar-refractivity contribution in [1.82, 2.24) is 4.90 Å². The molecule has 1 nitrogen and oxygen atoms in total. The topological polar surface area (TPSA) is 3.24 Å². The first-order chi connectivity index (χ1) is 7.72. The lowest BCUT2D eigenvalue weighted by Gasteiger charge is -2.29. The molecule has 0 heterocycles. The number of hydrogen-bond donors (Lipinski definition) is 0. The standard InChI is InChI=1S/C14H26BrN/c1-3-11(8-15)9-16(2)10-14-7-12-4-5-13(14)6-12/h11-14H,3-10H2,1-2H3. The zero-order valence-electron chi connectivity index (χ0n) is 10.8. The first-order valence-electron chi connectivity index (χ1n) is 6.97. The maximum absolute atomic E-state index is 3.62. The summed E-state index contributed by atoms with van der Waals surface area (Å²) in [5.41, 5.74) is 0. The Morgan fingerprint density at radius 2 is 2.12 bits per heavy atom. The van der Waals surface area contributed by atoms with Gasteiger partial charge in [-0.3, -0.25) is 0 Å². The minimum absolute atomic E-state index is 0.837. The molecule has 94 valence electrons. The molecule has 2 bridgehead atoms. The molecule has 2 saturated carbocycles. The molecule has 0 N–H and O–H groups in total. The largest absolute Gasteiger partial charge is 0.306 e. The summed E-state index contributed by atoms with van der Waals surface area (Å²) in [6.45, 7) is 4.93. The van der Waals surface area contributed by atoms with Crippen LogP contribution in [0.2, 0.25) is 0 Å². The maximum Gasteiger partial charge on any atom is 0.00717 e. The summed E-state index contributed by atoms with van der Waals surface area (Å²) in [5, 5.41) is 1.16. The van der Waals surface area contributed by atoms with Gasteiger partial charge in [0.25, 0.3) is 0 Å². The molecule has 2 aliphatic rings. The number of halogens is 1. The SMILES string of the molecule is CCC(CBr)CN(C)CC1CC2CCC1C2. The molecule has 2 fully saturated rings. The van der Waals surface area contributed by atoms with E-state index < -0.39 is 0 Å². The van der Waals surface area contributed by atoms with Gasteiger partial charge in [-0.1, -0.05) is 35.7 Å². The van der Waals surface area contributed by atoms with E-state index in [0.29, 0.717) is 0 Å². The van der Waals surface area contributed by atoms with Crippen molar-refractivity contribution < 1.29 is 0 Å². The molecule has 0 aromatic heterocycles. The van der Waals surface area contributed by atoms with Crippen LogP contribution >= 0.6 is 15.9 Å². The van der Waals surface area contributed by atoms with Crippen LogP contribution in [0, 0.1) is 23.7 Å². The Morgan fingerprint density at radius 3 is 2.62 bits per heavy atom. The van der Waals surface area contributed by atoms with Crippen molar-refractivity contribution >= 4 is 15.9 Å². The molecule has 0 spiro atoms. The Kier molecular flexibility index (Phi) is 4.72. The zero-order chi connectivity index (χ0) is 11.5. The van der Waals surface area contributed by atoms with E-state index in [2.05, 4.69) is 34.8 Å². The smallest absolute Gasteiger partial charge is 0.00717 e. The molecule has 2 rings (SSSR count). The normalized spacial score (nSPS) is 34.9. The van der Waals surface area contributed by atoms with Gasteiger partial charge in [-0.2, -0.15) is 0 Å². The van der Waals surface area contributed by atoms with Crippen LogP contribution in [0.4, 0.5) is 0 Å². The van der Waals surface area contributed by atoms with Crippen molar-refractivity contribution in [2.24, 2.45) is 23.7 Å². The number of rotatable bonds is 6. The van der Waals surface area contributed by atoms with Gasteiger partial charge in [0.2, 0.25) is 0 Å². The highest BCUT2D eigenvalue weighted by Gasteiger charge is 2.39. The van der Waals surface area contributed by atoms with Crippen LogP contribution in [0.1, 0.15) is 39.0 Å². The van der Waals surface area contributed by atoms with Gasteiger partial charge >= 0.3 is 0 Å². The first kappa shape index (κ1) is 12.9. The molecular weight excluding hydrogens is 262 g/mol. The Bertz CT molecular complexity index is 215. The van der Waals surface area contributed by atoms with Gasteiger partial charge in [0.15, 0.2) is 0 Å². The van der Waals surface area contributed by atoms with Gasteiger partial charge in [0.1, 0.15) is 0 Å². The van der Waals surface area contributed by atoms with Crippen molar-refractivity contribution in [3.63, 3.8) is 0 Å². The Labute approximate surface area is 109 Å². The second-order valence-electron chi connectivity index (χ2n) is 6.08. The van der Waals surface area contributed by atoms with Crippen molar-refractivity contribution in [2.75, 3.05) is 25.5 Å². The van der Waals surface area contributed by atoms with Crippen LogP contribution < -0.4 is 0 Å². The number of hydrogen-bond acceptors (Lipinski definition) is 1. The van der Waals surface area contributed by atoms with E-state index in [1.807, 2.05) is 0 Å². The fourth-order valence-corrected chi connectivity index (χ4v) is 4.47. The minimum Gasteiger partial charge on any atom is -0.306 e. The predicted molar refractivity (Wildman–Crippen MR) is 74.0 cm³/mol. The highest BCUT2D eigenvalue weighted by atomic mass is 79.9. The second-order valence-corrected chi connectivity index (χ2v) is 6.73. The molecule has 0 aliphatic heterocycles. The predicted octanol–water partition coefficient (Wildman–Crippen LogP) is 3.78. The quantitative estimate of drug-likeness (QED) is 0.672. The van der Waals surface area contributed by atoms with Gasteiger partial charge in [-0.05, 0) is 50.0 Å². The number of nitrogens with zero attached hydrogens (tertiary/aromatic N) is 1. The third kappa shape index (κ3) is 3.01. The molecule has 16 heavy (non-hydrogen) atoms. The monoisotopic (exact) mass is 287 g/mol. The zero-order valence-corrected chi connectivity index (χ0v) is 12.4. The molecular formula is C14H26BrN. The van der Waals surface area contributed by atoms with Crippen LogP contribution in [0.3, 0.4) is 0 Å². The molecule has 0 radical (unpaired) electrons. The van der Waals surface area contributed by atoms with Gasteiger partial charge in [-0.15, -0.1) is 0 Å². The van der Waals surface area contributed by atoms with Crippen molar-refractivity contribution in [2.45, 2.75) is 39.0 Å². The summed E-state index contributed by atoms with van der Waals surface area (Å²) in [5.74, 6) is 4.04. The summed E-state index contributed by atoms with van der Waals surface area (Å²) in [6, 6.07) is 0. The third-order valence-electron chi connectivity index (χ3n) is 4.80. The van der Waals surface area contributed by atoms with Crippen LogP contribution in [0.15, 0.2) is 0 Å². The lowest BCUT2D eigenvalue weighted by atomic mass is 9.88. The molecule has 2 heteroatoms. The minimum atomic E-state index is 0.837. The van der Waals surface area contributed by atoms with Gasteiger partial charge in [-0.25, -0.2) is 0 Å². The van der Waals surface area contributed by atoms with Crippen molar-refractivity contribution in [3.8, 4) is 0 Å². The average molecular weight is 288 g/mol. The molecule has 0 aromatic carbocycles. The van der Waals surface area contributed by atoms with Gasteiger partial charge in [0, 0.05) is 18.4 Å².